The van der Waals surface area contributed by atoms with Gasteiger partial charge in [-0.1, -0.05) is 43.3 Å². The van der Waals surface area contributed by atoms with Gasteiger partial charge in [-0.15, -0.1) is 0 Å². The molecule has 0 saturated heterocycles. The molecule has 1 aliphatic rings. The van der Waals surface area contributed by atoms with Crippen molar-refractivity contribution in [3.8, 4) is 16.9 Å². The van der Waals surface area contributed by atoms with Gasteiger partial charge in [0.15, 0.2) is 11.5 Å². The van der Waals surface area contributed by atoms with E-state index in [-0.39, 0.29) is 23.4 Å². The maximum absolute atomic E-state index is 13.5. The number of nitrogens with zero attached hydrogens (tertiary/aromatic N) is 3. The highest BCUT2D eigenvalue weighted by Gasteiger charge is 2.49. The quantitative estimate of drug-likeness (QED) is 0.538. The normalized spacial score (nSPS) is 18.3. The van der Waals surface area contributed by atoms with E-state index >= 15 is 0 Å². The van der Waals surface area contributed by atoms with Crippen LogP contribution in [0.25, 0.3) is 11.1 Å². The van der Waals surface area contributed by atoms with E-state index in [2.05, 4.69) is 9.98 Å². The molecule has 1 aliphatic heterocycles. The van der Waals surface area contributed by atoms with E-state index in [1.54, 1.807) is 38.5 Å². The Morgan fingerprint density at radius 1 is 1.03 bits per heavy atom. The predicted molar refractivity (Wildman–Crippen MR) is 126 cm³/mol. The number of carbonyl (C=O) groups is 1. The number of benzene rings is 2. The lowest BCUT2D eigenvalue weighted by Gasteiger charge is -2.26. The standard InChI is InChI=1S/C24H24N4O4S/c1-3-14-33(30,31)32-21-11-9-19(10-12-21)24(22(29)28(2)23(25)27-24)20-8-4-6-17(15-20)18-7-5-13-26-16-18/h4-13,15-16H,3,14H2,1-2H3,(H2,25,27). The Hall–Kier alpha value is -3.72. The molecule has 0 aliphatic carbocycles. The fourth-order valence-corrected chi connectivity index (χ4v) is 4.82. The van der Waals surface area contributed by atoms with Crippen molar-refractivity contribution in [1.82, 2.24) is 9.88 Å². The molecule has 170 valence electrons. The Balaban J connectivity index is 1.80. The summed E-state index contributed by atoms with van der Waals surface area (Å²) in [5.74, 6) is -0.125. The minimum Gasteiger partial charge on any atom is -0.382 e. The molecule has 0 bridgehead atoms. The number of likely N-dealkylation sites (N-methyl/N-ethyl adjacent to an activating group) is 1. The van der Waals surface area contributed by atoms with Gasteiger partial charge in [0.1, 0.15) is 5.75 Å². The Morgan fingerprint density at radius 2 is 1.76 bits per heavy atom. The molecule has 2 N–H and O–H groups in total. The van der Waals surface area contributed by atoms with Crippen LogP contribution in [0.5, 0.6) is 5.75 Å². The first kappa shape index (κ1) is 22.5. The summed E-state index contributed by atoms with van der Waals surface area (Å²) in [5.41, 5.74) is 7.60. The maximum atomic E-state index is 13.5. The molecule has 33 heavy (non-hydrogen) atoms. The molecule has 2 aromatic carbocycles. The molecule has 0 fully saturated rings. The Labute approximate surface area is 192 Å². The minimum atomic E-state index is -3.68. The summed E-state index contributed by atoms with van der Waals surface area (Å²) in [4.78, 5) is 23.5. The zero-order valence-corrected chi connectivity index (χ0v) is 19.1. The number of nitrogens with two attached hydrogens (primary N) is 1. The summed E-state index contributed by atoms with van der Waals surface area (Å²) in [6.45, 7) is 1.76. The number of aliphatic imine (C=N–C) groups is 1. The second-order valence-electron chi connectivity index (χ2n) is 7.74. The molecular weight excluding hydrogens is 440 g/mol. The second kappa shape index (κ2) is 8.67. The van der Waals surface area contributed by atoms with E-state index in [9.17, 15) is 13.2 Å². The minimum absolute atomic E-state index is 0.0794. The fourth-order valence-electron chi connectivity index (χ4n) is 3.83. The first-order valence-electron chi connectivity index (χ1n) is 10.4. The molecule has 0 spiro atoms. The van der Waals surface area contributed by atoms with Crippen LogP contribution in [0, 0.1) is 0 Å². The van der Waals surface area contributed by atoms with E-state index in [1.165, 1.54) is 17.0 Å². The van der Waals surface area contributed by atoms with Crippen molar-refractivity contribution in [3.63, 3.8) is 0 Å². The van der Waals surface area contributed by atoms with Crippen molar-refractivity contribution in [2.75, 3.05) is 12.8 Å². The van der Waals surface area contributed by atoms with Crippen molar-refractivity contribution < 1.29 is 17.4 Å². The van der Waals surface area contributed by atoms with Crippen LogP contribution in [0.1, 0.15) is 24.5 Å². The highest BCUT2D eigenvalue weighted by molar-refractivity contribution is 7.87. The fraction of sp³-hybridized carbons (Fsp3) is 0.208. The highest BCUT2D eigenvalue weighted by Crippen LogP contribution is 2.41. The number of carbonyl (C=O) groups excluding carboxylic acids is 1. The number of amides is 1. The first-order chi connectivity index (χ1) is 15.8. The van der Waals surface area contributed by atoms with Crippen molar-refractivity contribution in [2.24, 2.45) is 10.7 Å². The van der Waals surface area contributed by atoms with Crippen LogP contribution < -0.4 is 9.92 Å². The summed E-state index contributed by atoms with van der Waals surface area (Å²) < 4.78 is 29.2. The van der Waals surface area contributed by atoms with Crippen LogP contribution in [-0.4, -0.2) is 43.0 Å². The first-order valence-corrected chi connectivity index (χ1v) is 12.0. The summed E-state index contributed by atoms with van der Waals surface area (Å²) >= 11 is 0. The monoisotopic (exact) mass is 464 g/mol. The van der Waals surface area contributed by atoms with E-state index in [0.717, 1.165) is 11.1 Å². The molecule has 1 atom stereocenters. The lowest BCUT2D eigenvalue weighted by Crippen LogP contribution is -2.41. The molecule has 0 radical (unpaired) electrons. The van der Waals surface area contributed by atoms with Gasteiger partial charge in [-0.05, 0) is 52.9 Å². The highest BCUT2D eigenvalue weighted by atomic mass is 32.2. The molecule has 3 aromatic rings. The zero-order chi connectivity index (χ0) is 23.6. The van der Waals surface area contributed by atoms with Gasteiger partial charge in [0.25, 0.3) is 5.91 Å². The molecule has 0 saturated carbocycles. The summed E-state index contributed by atoms with van der Waals surface area (Å²) in [7, 11) is -2.11. The molecule has 1 unspecified atom stereocenters. The van der Waals surface area contributed by atoms with Gasteiger partial charge in [0.2, 0.25) is 0 Å². The van der Waals surface area contributed by atoms with Crippen molar-refractivity contribution in [2.45, 2.75) is 18.9 Å². The van der Waals surface area contributed by atoms with Crippen molar-refractivity contribution >= 4 is 22.0 Å². The predicted octanol–water partition coefficient (Wildman–Crippen LogP) is 2.90. The average Bonchev–Trinajstić information content (AvgIpc) is 3.05. The topological polar surface area (TPSA) is 115 Å². The van der Waals surface area contributed by atoms with Gasteiger partial charge in [0.05, 0.1) is 5.75 Å². The molecular formula is C24H24N4O4S. The van der Waals surface area contributed by atoms with Gasteiger partial charge >= 0.3 is 10.1 Å². The van der Waals surface area contributed by atoms with Crippen LogP contribution in [0.4, 0.5) is 0 Å². The summed E-state index contributed by atoms with van der Waals surface area (Å²) in [6, 6.07) is 17.6. The van der Waals surface area contributed by atoms with Crippen LogP contribution in [-0.2, 0) is 20.5 Å². The summed E-state index contributed by atoms with van der Waals surface area (Å²) in [5, 5.41) is 0. The number of hydrogen-bond acceptors (Lipinski definition) is 7. The molecule has 1 amide bonds. The van der Waals surface area contributed by atoms with Crippen LogP contribution in [0.2, 0.25) is 0 Å². The third kappa shape index (κ3) is 4.19. The Kier molecular flexibility index (Phi) is 5.90. The third-order valence-electron chi connectivity index (χ3n) is 5.46. The second-order valence-corrected chi connectivity index (χ2v) is 9.43. The lowest BCUT2D eigenvalue weighted by atomic mass is 9.82. The van der Waals surface area contributed by atoms with Gasteiger partial charge in [-0.25, -0.2) is 4.99 Å². The van der Waals surface area contributed by atoms with Crippen molar-refractivity contribution in [3.05, 3.63) is 84.2 Å². The number of hydrogen-bond donors (Lipinski definition) is 1. The van der Waals surface area contributed by atoms with Gasteiger partial charge < -0.3 is 9.92 Å². The van der Waals surface area contributed by atoms with Gasteiger partial charge in [-0.3, -0.25) is 14.7 Å². The van der Waals surface area contributed by atoms with Crippen LogP contribution in [0.3, 0.4) is 0 Å². The number of aromatic nitrogens is 1. The largest absolute Gasteiger partial charge is 0.382 e. The molecule has 2 heterocycles. The van der Waals surface area contributed by atoms with Gasteiger partial charge in [0, 0.05) is 19.4 Å². The average molecular weight is 465 g/mol. The van der Waals surface area contributed by atoms with Crippen molar-refractivity contribution in [1.29, 1.82) is 0 Å². The Morgan fingerprint density at radius 3 is 2.36 bits per heavy atom. The SMILES string of the molecule is CCCS(=O)(=O)Oc1ccc(C2(c3cccc(-c4cccnc4)c3)N=C(N)N(C)C2=O)cc1. The van der Waals surface area contributed by atoms with Crippen LogP contribution in [0.15, 0.2) is 78.0 Å². The van der Waals surface area contributed by atoms with E-state index in [4.69, 9.17) is 9.92 Å². The van der Waals surface area contributed by atoms with E-state index in [0.29, 0.717) is 17.5 Å². The number of guanidine groups is 1. The number of rotatable bonds is 7. The van der Waals surface area contributed by atoms with E-state index < -0.39 is 15.7 Å². The zero-order valence-electron chi connectivity index (χ0n) is 18.3. The molecule has 4 rings (SSSR count). The van der Waals surface area contributed by atoms with Gasteiger partial charge in [-0.2, -0.15) is 8.42 Å². The van der Waals surface area contributed by atoms with E-state index in [1.807, 2.05) is 36.4 Å². The third-order valence-corrected chi connectivity index (χ3v) is 6.82. The number of pyridine rings is 1. The summed E-state index contributed by atoms with van der Waals surface area (Å²) in [6.07, 6.45) is 3.89. The lowest BCUT2D eigenvalue weighted by molar-refractivity contribution is -0.129. The molecule has 1 aromatic heterocycles. The van der Waals surface area contributed by atoms with Crippen LogP contribution >= 0.6 is 0 Å². The molecule has 9 heteroatoms. The molecule has 8 nitrogen and oxygen atoms in total. The Bertz CT molecular complexity index is 1310. The smallest absolute Gasteiger partial charge is 0.309 e. The maximum Gasteiger partial charge on any atom is 0.309 e.